The van der Waals surface area contributed by atoms with Crippen LogP contribution in [0.15, 0.2) is 18.7 Å². The van der Waals surface area contributed by atoms with Crippen molar-refractivity contribution in [3.05, 3.63) is 18.7 Å². The third-order valence-corrected chi connectivity index (χ3v) is 4.15. The summed E-state index contributed by atoms with van der Waals surface area (Å²) in [4.78, 5) is 0. The summed E-state index contributed by atoms with van der Waals surface area (Å²) in [5.74, 6) is 0. The predicted octanol–water partition coefficient (Wildman–Crippen LogP) is 5.08. The Balaban J connectivity index is 1.95. The van der Waals surface area contributed by atoms with E-state index in [1.165, 1.54) is 70.6 Å². The molecule has 3 heteroatoms. The highest BCUT2D eigenvalue weighted by Crippen LogP contribution is 2.06. The quantitative estimate of drug-likeness (QED) is 0.326. The van der Waals surface area contributed by atoms with Crippen LogP contribution in [0.4, 0.5) is 0 Å². The van der Waals surface area contributed by atoms with Gasteiger partial charge in [0, 0.05) is 0 Å². The summed E-state index contributed by atoms with van der Waals surface area (Å²) in [7, 11) is 0. The lowest BCUT2D eigenvalue weighted by atomic mass is 10.1. The van der Waals surface area contributed by atoms with E-state index in [-0.39, 0.29) is 0 Å². The molecule has 0 unspecified atom stereocenters. The summed E-state index contributed by atoms with van der Waals surface area (Å²) in [5, 5.41) is 0. The highest BCUT2D eigenvalue weighted by atomic mass is 16.5. The maximum atomic E-state index is 5.75. The van der Waals surface area contributed by atoms with Crippen molar-refractivity contribution in [2.45, 2.75) is 97.8 Å². The molecule has 0 spiro atoms. The Hall–Kier alpha value is -0.830. The first kappa shape index (κ1) is 19.2. The van der Waals surface area contributed by atoms with E-state index in [1.54, 1.807) is 0 Å². The summed E-state index contributed by atoms with van der Waals surface area (Å²) in [5.41, 5.74) is 0. The predicted molar refractivity (Wildman–Crippen MR) is 92.7 cm³/mol. The molecule has 0 saturated heterocycles. The third kappa shape index (κ3) is 9.99. The molecule has 3 nitrogen and oxygen atoms in total. The largest absolute Gasteiger partial charge is 0.342 e. The van der Waals surface area contributed by atoms with Crippen LogP contribution in [0.1, 0.15) is 84.5 Å². The Bertz CT molecular complexity index is 349. The number of aromatic nitrogens is 2. The van der Waals surface area contributed by atoms with E-state index in [0.717, 1.165) is 13.2 Å². The molecule has 1 heterocycles. The first-order valence-corrected chi connectivity index (χ1v) is 9.49. The maximum Gasteiger partial charge on any atom is 0.245 e. The van der Waals surface area contributed by atoms with Crippen molar-refractivity contribution >= 4 is 0 Å². The zero-order valence-corrected chi connectivity index (χ0v) is 14.9. The standard InChI is InChI=1S/C19H37N2O/c1-3-5-7-9-10-11-13-17-22-19-21-16-15-20(18-21)14-12-8-6-4-2/h15-16,18H,3-14,17,19H2,1-2H3/q+1. The minimum Gasteiger partial charge on any atom is -0.342 e. The summed E-state index contributed by atoms with van der Waals surface area (Å²) in [6.07, 6.45) is 21.1. The van der Waals surface area contributed by atoms with Crippen molar-refractivity contribution in [2.24, 2.45) is 0 Å². The van der Waals surface area contributed by atoms with Gasteiger partial charge in [-0.3, -0.25) is 0 Å². The van der Waals surface area contributed by atoms with Crippen LogP contribution in [-0.2, 0) is 18.0 Å². The monoisotopic (exact) mass is 309 g/mol. The summed E-state index contributed by atoms with van der Waals surface area (Å²) in [6.45, 7) is 7.24. The first-order valence-electron chi connectivity index (χ1n) is 9.49. The number of rotatable bonds is 15. The molecule has 0 aliphatic heterocycles. The van der Waals surface area contributed by atoms with Crippen molar-refractivity contribution < 1.29 is 9.30 Å². The molecule has 0 radical (unpaired) electrons. The van der Waals surface area contributed by atoms with Gasteiger partial charge in [-0.05, 0) is 19.3 Å². The number of imidazole rings is 1. The van der Waals surface area contributed by atoms with E-state index in [0.29, 0.717) is 6.73 Å². The highest BCUT2D eigenvalue weighted by Gasteiger charge is 2.03. The van der Waals surface area contributed by atoms with Crippen LogP contribution in [-0.4, -0.2) is 11.2 Å². The van der Waals surface area contributed by atoms with Crippen LogP contribution in [0.25, 0.3) is 0 Å². The maximum absolute atomic E-state index is 5.75. The van der Waals surface area contributed by atoms with Gasteiger partial charge in [0.2, 0.25) is 6.33 Å². The smallest absolute Gasteiger partial charge is 0.245 e. The number of unbranched alkanes of at least 4 members (excludes halogenated alkanes) is 9. The number of ether oxygens (including phenoxy) is 1. The van der Waals surface area contributed by atoms with E-state index in [1.807, 2.05) is 0 Å². The van der Waals surface area contributed by atoms with Gasteiger partial charge in [-0.25, -0.2) is 9.13 Å². The molecule has 0 fully saturated rings. The molecule has 1 rings (SSSR count). The summed E-state index contributed by atoms with van der Waals surface area (Å²) < 4.78 is 10.2. The van der Waals surface area contributed by atoms with Gasteiger partial charge in [0.15, 0.2) is 6.73 Å². The van der Waals surface area contributed by atoms with Gasteiger partial charge in [0.1, 0.15) is 12.4 Å². The van der Waals surface area contributed by atoms with Crippen molar-refractivity contribution in [1.29, 1.82) is 0 Å². The molecule has 1 aromatic heterocycles. The minimum atomic E-state index is 0.692. The first-order chi connectivity index (χ1) is 10.9. The molecule has 0 bridgehead atoms. The number of hydrogen-bond donors (Lipinski definition) is 0. The van der Waals surface area contributed by atoms with E-state index in [9.17, 15) is 0 Å². The number of aryl methyl sites for hydroxylation is 1. The minimum absolute atomic E-state index is 0.692. The molecule has 0 aromatic carbocycles. The Morgan fingerprint density at radius 1 is 0.818 bits per heavy atom. The topological polar surface area (TPSA) is 18.0 Å². The lowest BCUT2D eigenvalue weighted by molar-refractivity contribution is -0.732. The molecule has 128 valence electrons. The van der Waals surface area contributed by atoms with Crippen LogP contribution in [0, 0.1) is 0 Å². The fourth-order valence-corrected chi connectivity index (χ4v) is 2.70. The van der Waals surface area contributed by atoms with Gasteiger partial charge in [0.25, 0.3) is 0 Å². The molecule has 1 aromatic rings. The van der Waals surface area contributed by atoms with Gasteiger partial charge < -0.3 is 4.74 Å². The van der Waals surface area contributed by atoms with Crippen LogP contribution >= 0.6 is 0 Å². The van der Waals surface area contributed by atoms with Crippen molar-refractivity contribution in [3.63, 3.8) is 0 Å². The molecule has 0 N–H and O–H groups in total. The fourth-order valence-electron chi connectivity index (χ4n) is 2.70. The van der Waals surface area contributed by atoms with E-state index in [2.05, 4.69) is 41.7 Å². The average molecular weight is 310 g/mol. The SMILES string of the molecule is CCCCCCCCCOC[n+]1ccn(CCCCCC)c1. The number of hydrogen-bond acceptors (Lipinski definition) is 1. The van der Waals surface area contributed by atoms with Crippen LogP contribution in [0.5, 0.6) is 0 Å². The fraction of sp³-hybridized carbons (Fsp3) is 0.842. The van der Waals surface area contributed by atoms with Crippen LogP contribution in [0.3, 0.4) is 0 Å². The lowest BCUT2D eigenvalue weighted by Gasteiger charge is -2.02. The molecule has 22 heavy (non-hydrogen) atoms. The molecule has 0 aliphatic rings. The van der Waals surface area contributed by atoms with Gasteiger partial charge >= 0.3 is 0 Å². The zero-order chi connectivity index (χ0) is 15.9. The van der Waals surface area contributed by atoms with Gasteiger partial charge in [-0.1, -0.05) is 65.2 Å². The Kier molecular flexibility index (Phi) is 12.1. The Morgan fingerprint density at radius 3 is 2.18 bits per heavy atom. The van der Waals surface area contributed by atoms with Crippen molar-refractivity contribution in [2.75, 3.05) is 6.61 Å². The van der Waals surface area contributed by atoms with E-state index in [4.69, 9.17) is 4.74 Å². The second kappa shape index (κ2) is 13.8. The third-order valence-electron chi connectivity index (χ3n) is 4.15. The van der Waals surface area contributed by atoms with Crippen molar-refractivity contribution in [1.82, 2.24) is 4.57 Å². The Morgan fingerprint density at radius 2 is 1.45 bits per heavy atom. The second-order valence-electron chi connectivity index (χ2n) is 6.38. The average Bonchev–Trinajstić information content (AvgIpc) is 2.98. The second-order valence-corrected chi connectivity index (χ2v) is 6.38. The molecule has 0 atom stereocenters. The van der Waals surface area contributed by atoms with Crippen LogP contribution in [0.2, 0.25) is 0 Å². The normalized spacial score (nSPS) is 11.2. The van der Waals surface area contributed by atoms with Gasteiger partial charge in [0.05, 0.1) is 13.2 Å². The highest BCUT2D eigenvalue weighted by molar-refractivity contribution is 4.65. The zero-order valence-electron chi connectivity index (χ0n) is 14.9. The molecule has 0 saturated carbocycles. The summed E-state index contributed by atoms with van der Waals surface area (Å²) >= 11 is 0. The van der Waals surface area contributed by atoms with Gasteiger partial charge in [-0.2, -0.15) is 0 Å². The molecule has 0 amide bonds. The molecular formula is C19H37N2O+. The molecular weight excluding hydrogens is 272 g/mol. The summed E-state index contributed by atoms with van der Waals surface area (Å²) in [6, 6.07) is 0. The Labute approximate surface area is 137 Å². The van der Waals surface area contributed by atoms with E-state index < -0.39 is 0 Å². The number of nitrogens with zero attached hydrogens (tertiary/aromatic N) is 2. The van der Waals surface area contributed by atoms with Crippen molar-refractivity contribution in [3.8, 4) is 0 Å². The van der Waals surface area contributed by atoms with Gasteiger partial charge in [-0.15, -0.1) is 0 Å². The molecule has 0 aliphatic carbocycles. The van der Waals surface area contributed by atoms with Crippen LogP contribution < -0.4 is 4.57 Å². The lowest BCUT2D eigenvalue weighted by Crippen LogP contribution is -2.32. The van der Waals surface area contributed by atoms with E-state index >= 15 is 0 Å².